The molecule has 0 aromatic rings. The molecule has 6 rings (SSSR count). The monoisotopic (exact) mass is 565 g/mol. The fourth-order valence-corrected chi connectivity index (χ4v) is 10.4. The molecule has 2 heterocycles. The SMILES string of the molecule is CON([C@H]1CC[C@@]2(C)[C@H](CC[C@@H]3[C@@H]2CC[C@]2(C)[C@@H](C4=CC(=O)OC4)CC[C@]32O)C1)[C@@H]1O[C@H](CO)[C@@H](O)[C@H](O)[C@H]1O. The van der Waals surface area contributed by atoms with Crippen LogP contribution in [0.15, 0.2) is 11.6 Å². The first kappa shape index (κ1) is 29.0. The summed E-state index contributed by atoms with van der Waals surface area (Å²) in [5.74, 6) is 0.949. The van der Waals surface area contributed by atoms with Crippen molar-refractivity contribution < 1.29 is 44.6 Å². The number of nitrogens with zero attached hydrogens (tertiary/aromatic N) is 1. The summed E-state index contributed by atoms with van der Waals surface area (Å²) in [6.07, 6.45) is 3.63. The van der Waals surface area contributed by atoms with Gasteiger partial charge in [-0.25, -0.2) is 4.79 Å². The lowest BCUT2D eigenvalue weighted by Gasteiger charge is -2.64. The van der Waals surface area contributed by atoms with Gasteiger partial charge in [0.1, 0.15) is 31.0 Å². The van der Waals surface area contributed by atoms with Crippen LogP contribution in [0.25, 0.3) is 0 Å². The third kappa shape index (κ3) is 4.08. The molecule has 10 heteroatoms. The van der Waals surface area contributed by atoms with Gasteiger partial charge in [-0.3, -0.25) is 4.84 Å². The first-order chi connectivity index (χ1) is 19.0. The molecule has 13 atom stereocenters. The second-order valence-electron chi connectivity index (χ2n) is 14.0. The van der Waals surface area contributed by atoms with E-state index in [4.69, 9.17) is 14.3 Å². The lowest BCUT2D eigenvalue weighted by atomic mass is 9.43. The Kier molecular flexibility index (Phi) is 7.43. The zero-order valence-corrected chi connectivity index (χ0v) is 23.9. The molecule has 0 aromatic carbocycles. The molecule has 0 radical (unpaired) electrons. The molecule has 1 saturated heterocycles. The molecule has 0 aromatic heterocycles. The van der Waals surface area contributed by atoms with E-state index < -0.39 is 42.9 Å². The van der Waals surface area contributed by atoms with Crippen LogP contribution >= 0.6 is 0 Å². The van der Waals surface area contributed by atoms with E-state index in [2.05, 4.69) is 13.8 Å². The van der Waals surface area contributed by atoms with Crippen LogP contribution in [-0.2, 0) is 19.1 Å². The molecule has 0 spiro atoms. The minimum absolute atomic E-state index is 0.0549. The summed E-state index contributed by atoms with van der Waals surface area (Å²) >= 11 is 0. The maximum absolute atomic E-state index is 12.4. The van der Waals surface area contributed by atoms with E-state index in [1.165, 1.54) is 7.11 Å². The van der Waals surface area contributed by atoms with Gasteiger partial charge < -0.3 is 35.0 Å². The quantitative estimate of drug-likeness (QED) is 0.244. The highest BCUT2D eigenvalue weighted by molar-refractivity contribution is 5.85. The highest BCUT2D eigenvalue weighted by Crippen LogP contribution is 2.70. The number of esters is 1. The Labute approximate surface area is 236 Å². The summed E-state index contributed by atoms with van der Waals surface area (Å²) < 4.78 is 11.1. The van der Waals surface area contributed by atoms with Gasteiger partial charge in [0.25, 0.3) is 0 Å². The van der Waals surface area contributed by atoms with Crippen molar-refractivity contribution in [2.45, 2.75) is 114 Å². The fourth-order valence-electron chi connectivity index (χ4n) is 10.4. The van der Waals surface area contributed by atoms with Gasteiger partial charge in [0.2, 0.25) is 0 Å². The summed E-state index contributed by atoms with van der Waals surface area (Å²) in [4.78, 5) is 17.6. The number of ether oxygens (including phenoxy) is 2. The number of aliphatic hydroxyl groups is 5. The third-order valence-electron chi connectivity index (χ3n) is 12.6. The molecule has 226 valence electrons. The number of hydrogen-bond donors (Lipinski definition) is 5. The summed E-state index contributed by atoms with van der Waals surface area (Å²) in [7, 11) is 1.53. The van der Waals surface area contributed by atoms with Crippen LogP contribution < -0.4 is 0 Å². The average molecular weight is 566 g/mol. The molecule has 5 N–H and O–H groups in total. The standard InChI is InChI=1S/C30H47NO9/c1-28-9-6-18(31(38-3)27-26(36)25(35)24(34)22(14-32)40-27)13-17(28)4-5-21-20(28)7-10-29(2)19(8-11-30(21,29)37)16-12-23(33)39-15-16/h12,17-22,24-27,32,34-37H,4-11,13-15H2,1-3H3/t17-,18+,19-,20+,21-,22-,24-,25+,26-,27-,28+,29-,30+/m1/s1. The molecular weight excluding hydrogens is 518 g/mol. The molecule has 4 saturated carbocycles. The van der Waals surface area contributed by atoms with Crippen molar-refractivity contribution in [3.05, 3.63) is 11.6 Å². The van der Waals surface area contributed by atoms with Crippen molar-refractivity contribution in [2.75, 3.05) is 20.3 Å². The molecule has 5 fully saturated rings. The second-order valence-corrected chi connectivity index (χ2v) is 14.0. The summed E-state index contributed by atoms with van der Waals surface area (Å²) in [5, 5.41) is 55.1. The maximum Gasteiger partial charge on any atom is 0.331 e. The molecule has 6 aliphatic rings. The molecule has 40 heavy (non-hydrogen) atoms. The lowest BCUT2D eigenvalue weighted by molar-refractivity contribution is -0.344. The van der Waals surface area contributed by atoms with Gasteiger partial charge in [0, 0.05) is 17.5 Å². The predicted molar refractivity (Wildman–Crippen MR) is 142 cm³/mol. The maximum atomic E-state index is 12.4. The minimum Gasteiger partial charge on any atom is -0.458 e. The summed E-state index contributed by atoms with van der Waals surface area (Å²) in [5.41, 5.74) is 0.0988. The van der Waals surface area contributed by atoms with Crippen molar-refractivity contribution in [1.82, 2.24) is 5.06 Å². The zero-order valence-electron chi connectivity index (χ0n) is 23.9. The number of rotatable bonds is 5. The lowest BCUT2D eigenvalue weighted by Crippen LogP contribution is -2.66. The van der Waals surface area contributed by atoms with Crippen LogP contribution in [0.4, 0.5) is 0 Å². The molecule has 0 amide bonds. The van der Waals surface area contributed by atoms with Gasteiger partial charge in [0.05, 0.1) is 19.3 Å². The van der Waals surface area contributed by atoms with Gasteiger partial charge in [-0.05, 0) is 92.4 Å². The van der Waals surface area contributed by atoms with Gasteiger partial charge in [0.15, 0.2) is 6.23 Å². The Balaban J connectivity index is 1.19. The zero-order chi connectivity index (χ0) is 28.6. The van der Waals surface area contributed by atoms with E-state index in [0.29, 0.717) is 18.4 Å². The number of hydrogen-bond acceptors (Lipinski definition) is 10. The van der Waals surface area contributed by atoms with E-state index in [-0.39, 0.29) is 34.7 Å². The van der Waals surface area contributed by atoms with Crippen LogP contribution in [0.5, 0.6) is 0 Å². The van der Waals surface area contributed by atoms with E-state index in [9.17, 15) is 30.3 Å². The number of aliphatic hydroxyl groups excluding tert-OH is 4. The number of carbonyl (C=O) groups excluding carboxylic acids is 1. The Morgan fingerprint density at radius 1 is 1.00 bits per heavy atom. The highest BCUT2D eigenvalue weighted by atomic mass is 16.7. The average Bonchev–Trinajstić information content (AvgIpc) is 3.48. The molecule has 10 nitrogen and oxygen atoms in total. The molecule has 2 aliphatic heterocycles. The summed E-state index contributed by atoms with van der Waals surface area (Å²) in [6.45, 7) is 4.53. The van der Waals surface area contributed by atoms with Crippen LogP contribution in [-0.4, -0.2) is 99.2 Å². The Bertz CT molecular complexity index is 1020. The van der Waals surface area contributed by atoms with Gasteiger partial charge in [-0.15, -0.1) is 0 Å². The number of fused-ring (bicyclic) bond motifs is 5. The topological polar surface area (TPSA) is 149 Å². The number of cyclic esters (lactones) is 1. The van der Waals surface area contributed by atoms with Gasteiger partial charge in [-0.2, -0.15) is 5.06 Å². The Hall–Kier alpha value is -1.11. The van der Waals surface area contributed by atoms with Crippen molar-refractivity contribution in [3.8, 4) is 0 Å². The van der Waals surface area contributed by atoms with E-state index in [0.717, 1.165) is 63.4 Å². The summed E-state index contributed by atoms with van der Waals surface area (Å²) in [6, 6.07) is -0.0549. The first-order valence-corrected chi connectivity index (χ1v) is 15.2. The molecular formula is C30H47NO9. The van der Waals surface area contributed by atoms with E-state index >= 15 is 0 Å². The second kappa shape index (κ2) is 10.3. The Morgan fingerprint density at radius 2 is 1.77 bits per heavy atom. The number of hydroxylamine groups is 2. The van der Waals surface area contributed by atoms with Crippen molar-refractivity contribution in [3.63, 3.8) is 0 Å². The largest absolute Gasteiger partial charge is 0.458 e. The highest BCUT2D eigenvalue weighted by Gasteiger charge is 2.68. The number of carbonyl (C=O) groups is 1. The smallest absolute Gasteiger partial charge is 0.331 e. The van der Waals surface area contributed by atoms with E-state index in [1.54, 1.807) is 11.1 Å². The third-order valence-corrected chi connectivity index (χ3v) is 12.6. The van der Waals surface area contributed by atoms with Crippen molar-refractivity contribution in [2.24, 2.45) is 34.5 Å². The van der Waals surface area contributed by atoms with Crippen LogP contribution in [0, 0.1) is 34.5 Å². The van der Waals surface area contributed by atoms with Crippen molar-refractivity contribution >= 4 is 5.97 Å². The van der Waals surface area contributed by atoms with Crippen LogP contribution in [0.3, 0.4) is 0 Å². The Morgan fingerprint density at radius 3 is 2.45 bits per heavy atom. The van der Waals surface area contributed by atoms with Gasteiger partial charge >= 0.3 is 5.97 Å². The van der Waals surface area contributed by atoms with Crippen LogP contribution in [0.1, 0.15) is 71.6 Å². The molecule has 0 unspecified atom stereocenters. The normalized spacial score (nSPS) is 52.5. The first-order valence-electron chi connectivity index (χ1n) is 15.2. The van der Waals surface area contributed by atoms with Crippen molar-refractivity contribution in [1.29, 1.82) is 0 Å². The predicted octanol–water partition coefficient (Wildman–Crippen LogP) is 1.28. The van der Waals surface area contributed by atoms with Crippen LogP contribution in [0.2, 0.25) is 0 Å². The molecule has 0 bridgehead atoms. The fraction of sp³-hybridized carbons (Fsp3) is 0.900. The van der Waals surface area contributed by atoms with E-state index in [1.807, 2.05) is 0 Å². The molecule has 4 aliphatic carbocycles. The minimum atomic E-state index is -1.45. The van der Waals surface area contributed by atoms with Gasteiger partial charge in [-0.1, -0.05) is 13.8 Å².